The van der Waals surface area contributed by atoms with Gasteiger partial charge in [-0.15, -0.1) is 0 Å². The van der Waals surface area contributed by atoms with Gasteiger partial charge in [0, 0.05) is 13.1 Å². The van der Waals surface area contributed by atoms with Gasteiger partial charge in [0.1, 0.15) is 11.4 Å². The van der Waals surface area contributed by atoms with E-state index in [1.165, 1.54) is 12.1 Å². The molecule has 4 nitrogen and oxygen atoms in total. The molecule has 1 atom stereocenters. The highest BCUT2D eigenvalue weighted by Crippen LogP contribution is 2.27. The van der Waals surface area contributed by atoms with Gasteiger partial charge in [-0.05, 0) is 45.1 Å². The zero-order valence-electron chi connectivity index (χ0n) is 13.3. The highest BCUT2D eigenvalue weighted by atomic mass is 19.1. The van der Waals surface area contributed by atoms with Gasteiger partial charge in [0.25, 0.3) is 0 Å². The monoisotopic (exact) mass is 296 g/mol. The highest BCUT2D eigenvalue weighted by molar-refractivity contribution is 5.82. The third kappa shape index (κ3) is 4.51. The quantitative estimate of drug-likeness (QED) is 0.746. The molecule has 118 valence electrons. The van der Waals surface area contributed by atoms with E-state index in [0.717, 1.165) is 12.1 Å². The summed E-state index contributed by atoms with van der Waals surface area (Å²) in [4.78, 5) is 14.5. The number of esters is 1. The maximum Gasteiger partial charge on any atom is 0.330 e. The lowest BCUT2D eigenvalue weighted by Crippen LogP contribution is -2.51. The normalized spacial score (nSPS) is 14.0. The first-order valence-corrected chi connectivity index (χ1v) is 7.29. The van der Waals surface area contributed by atoms with Crippen molar-refractivity contribution in [2.75, 3.05) is 33.8 Å². The summed E-state index contributed by atoms with van der Waals surface area (Å²) >= 11 is 0. The molecule has 0 bridgehead atoms. The van der Waals surface area contributed by atoms with Crippen LogP contribution in [0.1, 0.15) is 25.8 Å². The molecule has 21 heavy (non-hydrogen) atoms. The molecule has 1 unspecified atom stereocenters. The van der Waals surface area contributed by atoms with Gasteiger partial charge in [0.15, 0.2) is 0 Å². The smallest absolute Gasteiger partial charge is 0.330 e. The predicted molar refractivity (Wildman–Crippen MR) is 81.6 cm³/mol. The number of hydrogen-bond acceptors (Lipinski definition) is 4. The summed E-state index contributed by atoms with van der Waals surface area (Å²) in [6, 6.07) is 6.01. The minimum Gasteiger partial charge on any atom is -0.464 e. The molecule has 0 aromatic heterocycles. The van der Waals surface area contributed by atoms with E-state index in [0.29, 0.717) is 19.6 Å². The van der Waals surface area contributed by atoms with Gasteiger partial charge in [-0.1, -0.05) is 19.1 Å². The lowest BCUT2D eigenvalue weighted by Gasteiger charge is -2.32. The van der Waals surface area contributed by atoms with Crippen LogP contribution in [0.4, 0.5) is 4.39 Å². The van der Waals surface area contributed by atoms with Crippen LogP contribution in [0.5, 0.6) is 0 Å². The highest BCUT2D eigenvalue weighted by Gasteiger charge is 2.39. The molecule has 0 saturated heterocycles. The molecule has 1 aromatic rings. The van der Waals surface area contributed by atoms with E-state index in [-0.39, 0.29) is 11.8 Å². The van der Waals surface area contributed by atoms with E-state index in [1.807, 2.05) is 25.9 Å². The SMILES string of the molecule is CCOC(=O)C(CC)(NCCN(C)C)c1ccc(F)cc1. The molecule has 0 amide bonds. The number of benzene rings is 1. The molecule has 0 aliphatic rings. The molecule has 0 saturated carbocycles. The van der Waals surface area contributed by atoms with Crippen molar-refractivity contribution in [3.05, 3.63) is 35.6 Å². The second-order valence-corrected chi connectivity index (χ2v) is 5.22. The van der Waals surface area contributed by atoms with Crippen LogP contribution in [0.25, 0.3) is 0 Å². The molecule has 1 N–H and O–H groups in total. The maximum absolute atomic E-state index is 13.1. The third-order valence-electron chi connectivity index (χ3n) is 3.48. The lowest BCUT2D eigenvalue weighted by atomic mass is 9.87. The predicted octanol–water partition coefficient (Wildman–Crippen LogP) is 2.15. The minimum atomic E-state index is -0.931. The first-order chi connectivity index (χ1) is 9.96. The van der Waals surface area contributed by atoms with Crippen molar-refractivity contribution in [1.82, 2.24) is 10.2 Å². The second-order valence-electron chi connectivity index (χ2n) is 5.22. The van der Waals surface area contributed by atoms with Crippen LogP contribution >= 0.6 is 0 Å². The van der Waals surface area contributed by atoms with Crippen molar-refractivity contribution < 1.29 is 13.9 Å². The number of carbonyl (C=O) groups is 1. The number of carbonyl (C=O) groups excluding carboxylic acids is 1. The summed E-state index contributed by atoms with van der Waals surface area (Å²) in [5.41, 5.74) is -0.205. The number of ether oxygens (including phenoxy) is 1. The Morgan fingerprint density at radius 1 is 1.29 bits per heavy atom. The molecule has 0 spiro atoms. The largest absolute Gasteiger partial charge is 0.464 e. The average Bonchev–Trinajstić information content (AvgIpc) is 2.45. The summed E-state index contributed by atoms with van der Waals surface area (Å²) in [6.07, 6.45) is 0.533. The van der Waals surface area contributed by atoms with E-state index >= 15 is 0 Å². The van der Waals surface area contributed by atoms with Gasteiger partial charge < -0.3 is 9.64 Å². The van der Waals surface area contributed by atoms with E-state index in [9.17, 15) is 9.18 Å². The minimum absolute atomic E-state index is 0.317. The van der Waals surface area contributed by atoms with E-state index in [1.54, 1.807) is 19.1 Å². The zero-order chi connectivity index (χ0) is 15.9. The number of nitrogens with one attached hydrogen (secondary N) is 1. The van der Waals surface area contributed by atoms with Crippen LogP contribution in [0.15, 0.2) is 24.3 Å². The van der Waals surface area contributed by atoms with E-state index in [4.69, 9.17) is 4.74 Å². The standard InChI is InChI=1S/C16H25FN2O2/c1-5-16(15(20)21-6-2,18-11-12-19(3)4)13-7-9-14(17)10-8-13/h7-10,18H,5-6,11-12H2,1-4H3. The molecule has 1 aromatic carbocycles. The van der Waals surface area contributed by atoms with Crippen LogP contribution < -0.4 is 5.32 Å². The van der Waals surface area contributed by atoms with E-state index < -0.39 is 5.54 Å². The fourth-order valence-corrected chi connectivity index (χ4v) is 2.25. The summed E-state index contributed by atoms with van der Waals surface area (Å²) < 4.78 is 18.4. The summed E-state index contributed by atoms with van der Waals surface area (Å²) in [7, 11) is 3.94. The number of nitrogens with zero attached hydrogens (tertiary/aromatic N) is 1. The molecule has 0 aliphatic heterocycles. The van der Waals surface area contributed by atoms with Crippen LogP contribution in [0, 0.1) is 5.82 Å². The molecule has 5 heteroatoms. The van der Waals surface area contributed by atoms with Crippen LogP contribution in [-0.4, -0.2) is 44.7 Å². The van der Waals surface area contributed by atoms with Gasteiger partial charge in [-0.2, -0.15) is 0 Å². The Balaban J connectivity index is 3.06. The topological polar surface area (TPSA) is 41.6 Å². The van der Waals surface area contributed by atoms with Gasteiger partial charge in [-0.25, -0.2) is 9.18 Å². The Labute approximate surface area is 126 Å². The van der Waals surface area contributed by atoms with Crippen LogP contribution in [-0.2, 0) is 15.1 Å². The first kappa shape index (κ1) is 17.6. The average molecular weight is 296 g/mol. The lowest BCUT2D eigenvalue weighted by molar-refractivity contribution is -0.152. The Hall–Kier alpha value is -1.46. The van der Waals surface area contributed by atoms with Gasteiger partial charge in [0.2, 0.25) is 0 Å². The Bertz CT molecular complexity index is 448. The molecular formula is C16H25FN2O2. The first-order valence-electron chi connectivity index (χ1n) is 7.29. The van der Waals surface area contributed by atoms with Crippen LogP contribution in [0.2, 0.25) is 0 Å². The van der Waals surface area contributed by atoms with Gasteiger partial charge >= 0.3 is 5.97 Å². The van der Waals surface area contributed by atoms with Crippen molar-refractivity contribution in [2.24, 2.45) is 0 Å². The number of likely N-dealkylation sites (N-methyl/N-ethyl adjacent to an activating group) is 1. The fourth-order valence-electron chi connectivity index (χ4n) is 2.25. The van der Waals surface area contributed by atoms with Crippen molar-refractivity contribution in [3.8, 4) is 0 Å². The van der Waals surface area contributed by atoms with Gasteiger partial charge in [0.05, 0.1) is 6.61 Å². The van der Waals surface area contributed by atoms with Crippen molar-refractivity contribution in [1.29, 1.82) is 0 Å². The molecule has 0 fully saturated rings. The molecule has 0 heterocycles. The Morgan fingerprint density at radius 3 is 2.38 bits per heavy atom. The van der Waals surface area contributed by atoms with Crippen molar-refractivity contribution >= 4 is 5.97 Å². The molecule has 0 radical (unpaired) electrons. The fraction of sp³-hybridized carbons (Fsp3) is 0.562. The summed E-state index contributed by atoms with van der Waals surface area (Å²) in [6.45, 7) is 5.45. The molecular weight excluding hydrogens is 271 g/mol. The van der Waals surface area contributed by atoms with Crippen molar-refractivity contribution in [2.45, 2.75) is 25.8 Å². The zero-order valence-corrected chi connectivity index (χ0v) is 13.3. The van der Waals surface area contributed by atoms with Crippen LogP contribution in [0.3, 0.4) is 0 Å². The van der Waals surface area contributed by atoms with Crippen molar-refractivity contribution in [3.63, 3.8) is 0 Å². The maximum atomic E-state index is 13.1. The Morgan fingerprint density at radius 2 is 1.90 bits per heavy atom. The number of rotatable bonds is 8. The molecule has 1 rings (SSSR count). The number of halogens is 1. The number of hydrogen-bond donors (Lipinski definition) is 1. The third-order valence-corrected chi connectivity index (χ3v) is 3.48. The second kappa shape index (κ2) is 8.10. The molecule has 0 aliphatic carbocycles. The Kier molecular flexibility index (Phi) is 6.78. The van der Waals surface area contributed by atoms with Gasteiger partial charge in [-0.3, -0.25) is 5.32 Å². The summed E-state index contributed by atoms with van der Waals surface area (Å²) in [5.74, 6) is -0.640. The summed E-state index contributed by atoms with van der Waals surface area (Å²) in [5, 5.41) is 3.30. The van der Waals surface area contributed by atoms with E-state index in [2.05, 4.69) is 5.32 Å².